The lowest BCUT2D eigenvalue weighted by Crippen LogP contribution is -2.01. The zero-order valence-electron chi connectivity index (χ0n) is 10.6. The van der Waals surface area contributed by atoms with Gasteiger partial charge in [0.1, 0.15) is 5.75 Å². The molecule has 4 nitrogen and oxygen atoms in total. The molecule has 0 saturated heterocycles. The topological polar surface area (TPSA) is 58.6 Å². The molecule has 0 atom stereocenters. The maximum absolute atomic E-state index is 10.7. The molecular formula is C15H15NO3. The normalized spacial score (nSPS) is 9.95. The molecule has 0 saturated carbocycles. The highest BCUT2D eigenvalue weighted by Crippen LogP contribution is 2.16. The largest absolute Gasteiger partial charge is 0.497 e. The van der Waals surface area contributed by atoms with Crippen molar-refractivity contribution < 1.29 is 14.6 Å². The number of carbonyl (C=O) groups is 1. The quantitative estimate of drug-likeness (QED) is 0.864. The third kappa shape index (κ3) is 3.48. The van der Waals surface area contributed by atoms with Crippen molar-refractivity contribution in [1.29, 1.82) is 0 Å². The van der Waals surface area contributed by atoms with Gasteiger partial charge in [-0.25, -0.2) is 4.79 Å². The molecule has 0 amide bonds. The monoisotopic (exact) mass is 257 g/mol. The molecular weight excluding hydrogens is 242 g/mol. The summed E-state index contributed by atoms with van der Waals surface area (Å²) in [6.45, 7) is 0.645. The zero-order valence-corrected chi connectivity index (χ0v) is 10.6. The number of methoxy groups -OCH3 is 1. The third-order valence-corrected chi connectivity index (χ3v) is 2.79. The second kappa shape index (κ2) is 5.91. The van der Waals surface area contributed by atoms with E-state index in [-0.39, 0.29) is 0 Å². The Balaban J connectivity index is 1.95. The fourth-order valence-electron chi connectivity index (χ4n) is 1.68. The Morgan fingerprint density at radius 1 is 1.11 bits per heavy atom. The summed E-state index contributed by atoms with van der Waals surface area (Å²) in [7, 11) is 1.63. The average molecular weight is 257 g/mol. The van der Waals surface area contributed by atoms with Crippen molar-refractivity contribution in [2.24, 2.45) is 0 Å². The summed E-state index contributed by atoms with van der Waals surface area (Å²) >= 11 is 0. The fourth-order valence-corrected chi connectivity index (χ4v) is 1.68. The van der Waals surface area contributed by atoms with E-state index in [4.69, 9.17) is 9.84 Å². The molecule has 4 heteroatoms. The molecule has 2 aromatic carbocycles. The Hall–Kier alpha value is -2.49. The van der Waals surface area contributed by atoms with Crippen LogP contribution in [0.25, 0.3) is 0 Å². The molecule has 0 aliphatic rings. The molecule has 0 aliphatic carbocycles. The number of rotatable bonds is 5. The summed E-state index contributed by atoms with van der Waals surface area (Å²) < 4.78 is 5.08. The number of hydrogen-bond donors (Lipinski definition) is 2. The number of ether oxygens (including phenoxy) is 1. The highest BCUT2D eigenvalue weighted by Gasteiger charge is 2.01. The second-order valence-corrected chi connectivity index (χ2v) is 4.08. The molecule has 2 rings (SSSR count). The summed E-state index contributed by atoms with van der Waals surface area (Å²) in [6, 6.07) is 14.5. The van der Waals surface area contributed by atoms with Gasteiger partial charge in [-0.1, -0.05) is 12.1 Å². The first kappa shape index (κ1) is 13.0. The van der Waals surface area contributed by atoms with Gasteiger partial charge in [-0.2, -0.15) is 0 Å². The molecule has 0 aromatic heterocycles. The number of aromatic carboxylic acids is 1. The molecule has 19 heavy (non-hydrogen) atoms. The maximum Gasteiger partial charge on any atom is 0.335 e. The van der Waals surface area contributed by atoms with Crippen molar-refractivity contribution in [2.45, 2.75) is 6.54 Å². The van der Waals surface area contributed by atoms with E-state index >= 15 is 0 Å². The van der Waals surface area contributed by atoms with E-state index in [2.05, 4.69) is 5.32 Å². The van der Waals surface area contributed by atoms with E-state index in [1.165, 1.54) is 0 Å². The van der Waals surface area contributed by atoms with Crippen molar-refractivity contribution >= 4 is 11.7 Å². The van der Waals surface area contributed by atoms with Gasteiger partial charge in [0.25, 0.3) is 0 Å². The second-order valence-electron chi connectivity index (χ2n) is 4.08. The van der Waals surface area contributed by atoms with Crippen LogP contribution in [-0.4, -0.2) is 18.2 Å². The van der Waals surface area contributed by atoms with Crippen LogP contribution in [0, 0.1) is 0 Å². The van der Waals surface area contributed by atoms with Crippen LogP contribution >= 0.6 is 0 Å². The maximum atomic E-state index is 10.7. The van der Waals surface area contributed by atoms with Crippen LogP contribution in [-0.2, 0) is 6.54 Å². The molecule has 0 radical (unpaired) electrons. The lowest BCUT2D eigenvalue weighted by molar-refractivity contribution is 0.0697. The van der Waals surface area contributed by atoms with Gasteiger partial charge < -0.3 is 15.2 Å². The van der Waals surface area contributed by atoms with Gasteiger partial charge in [0, 0.05) is 12.2 Å². The predicted octanol–water partition coefficient (Wildman–Crippen LogP) is 3.01. The fraction of sp³-hybridized carbons (Fsp3) is 0.133. The van der Waals surface area contributed by atoms with Crippen LogP contribution in [0.2, 0.25) is 0 Å². The van der Waals surface area contributed by atoms with Gasteiger partial charge in [0.15, 0.2) is 0 Å². The minimum absolute atomic E-state index is 0.299. The molecule has 0 heterocycles. The van der Waals surface area contributed by atoms with Crippen molar-refractivity contribution in [1.82, 2.24) is 0 Å². The van der Waals surface area contributed by atoms with Crippen LogP contribution in [0.5, 0.6) is 5.75 Å². The highest BCUT2D eigenvalue weighted by molar-refractivity contribution is 5.87. The van der Waals surface area contributed by atoms with Gasteiger partial charge in [0.05, 0.1) is 12.7 Å². The van der Waals surface area contributed by atoms with Crippen LogP contribution in [0.3, 0.4) is 0 Å². The number of anilines is 1. The summed E-state index contributed by atoms with van der Waals surface area (Å²) in [5, 5.41) is 12.1. The molecule has 0 aliphatic heterocycles. The molecule has 0 bridgehead atoms. The van der Waals surface area contributed by atoms with E-state index in [0.717, 1.165) is 17.0 Å². The van der Waals surface area contributed by atoms with Crippen LogP contribution in [0.4, 0.5) is 5.69 Å². The first-order valence-corrected chi connectivity index (χ1v) is 5.89. The van der Waals surface area contributed by atoms with Gasteiger partial charge in [0.2, 0.25) is 0 Å². The van der Waals surface area contributed by atoms with E-state index in [0.29, 0.717) is 12.1 Å². The predicted molar refractivity (Wildman–Crippen MR) is 73.7 cm³/mol. The average Bonchev–Trinajstić information content (AvgIpc) is 2.46. The summed E-state index contributed by atoms with van der Waals surface area (Å²) in [5.41, 5.74) is 2.32. The summed E-state index contributed by atoms with van der Waals surface area (Å²) in [6.07, 6.45) is 0. The van der Waals surface area contributed by atoms with Crippen LogP contribution in [0.1, 0.15) is 15.9 Å². The Labute approximate surface area is 111 Å². The zero-order chi connectivity index (χ0) is 13.7. The summed E-state index contributed by atoms with van der Waals surface area (Å²) in [4.78, 5) is 10.7. The third-order valence-electron chi connectivity index (χ3n) is 2.79. The standard InChI is InChI=1S/C15H15NO3/c1-19-14-8-6-13(7-9-14)16-10-11-2-4-12(5-3-11)15(17)18/h2-9,16H,10H2,1H3,(H,17,18). The first-order valence-electron chi connectivity index (χ1n) is 5.89. The van der Waals surface area contributed by atoms with Crippen molar-refractivity contribution in [3.8, 4) is 5.75 Å². The molecule has 2 aromatic rings. The minimum Gasteiger partial charge on any atom is -0.497 e. The summed E-state index contributed by atoms with van der Waals surface area (Å²) in [5.74, 6) is -0.0916. The minimum atomic E-state index is -0.908. The van der Waals surface area contributed by atoms with Gasteiger partial charge >= 0.3 is 5.97 Å². The number of carboxylic acids is 1. The number of nitrogens with one attached hydrogen (secondary N) is 1. The molecule has 2 N–H and O–H groups in total. The number of benzene rings is 2. The lowest BCUT2D eigenvalue weighted by Gasteiger charge is -2.07. The smallest absolute Gasteiger partial charge is 0.335 e. The number of carboxylic acid groups (broad SMARTS) is 1. The van der Waals surface area contributed by atoms with Crippen molar-refractivity contribution in [3.63, 3.8) is 0 Å². The van der Waals surface area contributed by atoms with Crippen molar-refractivity contribution in [2.75, 3.05) is 12.4 Å². The van der Waals surface area contributed by atoms with E-state index in [1.54, 1.807) is 31.4 Å². The van der Waals surface area contributed by atoms with E-state index in [1.807, 2.05) is 24.3 Å². The highest BCUT2D eigenvalue weighted by atomic mass is 16.5. The first-order chi connectivity index (χ1) is 9.19. The van der Waals surface area contributed by atoms with Crippen LogP contribution < -0.4 is 10.1 Å². The Kier molecular flexibility index (Phi) is 4.03. The molecule has 0 fully saturated rings. The van der Waals surface area contributed by atoms with Gasteiger partial charge in [-0.3, -0.25) is 0 Å². The number of hydrogen-bond acceptors (Lipinski definition) is 3. The molecule has 0 spiro atoms. The SMILES string of the molecule is COc1ccc(NCc2ccc(C(=O)O)cc2)cc1. The lowest BCUT2D eigenvalue weighted by atomic mass is 10.1. The van der Waals surface area contributed by atoms with E-state index in [9.17, 15) is 4.79 Å². The molecule has 0 unspecified atom stereocenters. The van der Waals surface area contributed by atoms with Crippen LogP contribution in [0.15, 0.2) is 48.5 Å². The Morgan fingerprint density at radius 2 is 1.74 bits per heavy atom. The Bertz CT molecular complexity index is 547. The van der Waals surface area contributed by atoms with E-state index < -0.39 is 5.97 Å². The van der Waals surface area contributed by atoms with Crippen molar-refractivity contribution in [3.05, 3.63) is 59.7 Å². The van der Waals surface area contributed by atoms with Gasteiger partial charge in [-0.05, 0) is 42.0 Å². The molecule has 98 valence electrons. The van der Waals surface area contributed by atoms with Gasteiger partial charge in [-0.15, -0.1) is 0 Å². The Morgan fingerprint density at radius 3 is 2.26 bits per heavy atom.